The molecule has 0 amide bonds. The molecule has 0 aromatic heterocycles. The fraction of sp³-hybridized carbons (Fsp3) is 0.500. The standard InChI is InChI=1S/C12H16ClNO2S/c1-10-4-5-11(9-13)8-12(10)17(15,16)14-6-2-3-7-14/h4-5,8H,2-3,6-7,9H2,1H3. The van der Waals surface area contributed by atoms with E-state index in [0.717, 1.165) is 24.0 Å². The van der Waals surface area contributed by atoms with Crippen molar-refractivity contribution < 1.29 is 8.42 Å². The van der Waals surface area contributed by atoms with E-state index in [1.54, 1.807) is 10.4 Å². The molecule has 0 bridgehead atoms. The Bertz CT molecular complexity index is 507. The lowest BCUT2D eigenvalue weighted by Gasteiger charge is -2.17. The van der Waals surface area contributed by atoms with Gasteiger partial charge in [-0.2, -0.15) is 4.31 Å². The van der Waals surface area contributed by atoms with Crippen molar-refractivity contribution in [1.29, 1.82) is 0 Å². The Hall–Kier alpha value is -0.580. The molecule has 1 heterocycles. The summed E-state index contributed by atoms with van der Waals surface area (Å²) in [5.41, 5.74) is 1.63. The van der Waals surface area contributed by atoms with Crippen molar-refractivity contribution in [2.24, 2.45) is 0 Å². The Labute approximate surface area is 107 Å². The van der Waals surface area contributed by atoms with Crippen molar-refractivity contribution in [3.05, 3.63) is 29.3 Å². The molecule has 3 nitrogen and oxygen atoms in total. The summed E-state index contributed by atoms with van der Waals surface area (Å²) >= 11 is 5.75. The molecule has 0 radical (unpaired) electrons. The van der Waals surface area contributed by atoms with Crippen LogP contribution in [0.2, 0.25) is 0 Å². The van der Waals surface area contributed by atoms with E-state index in [1.165, 1.54) is 0 Å². The van der Waals surface area contributed by atoms with Gasteiger partial charge in [0.1, 0.15) is 0 Å². The molecule has 17 heavy (non-hydrogen) atoms. The molecule has 5 heteroatoms. The molecule has 94 valence electrons. The SMILES string of the molecule is Cc1ccc(CCl)cc1S(=O)(=O)N1CCCC1. The van der Waals surface area contributed by atoms with E-state index in [4.69, 9.17) is 11.6 Å². The average Bonchev–Trinajstić information content (AvgIpc) is 2.83. The van der Waals surface area contributed by atoms with E-state index in [9.17, 15) is 8.42 Å². The van der Waals surface area contributed by atoms with Crippen LogP contribution in [0.1, 0.15) is 24.0 Å². The zero-order valence-corrected chi connectivity index (χ0v) is 11.4. The van der Waals surface area contributed by atoms with E-state index in [1.807, 2.05) is 19.1 Å². The molecule has 1 aromatic carbocycles. The van der Waals surface area contributed by atoms with Crippen LogP contribution in [-0.2, 0) is 15.9 Å². The van der Waals surface area contributed by atoms with Crippen LogP contribution < -0.4 is 0 Å². The Morgan fingerprint density at radius 2 is 1.94 bits per heavy atom. The Morgan fingerprint density at radius 3 is 2.53 bits per heavy atom. The van der Waals surface area contributed by atoms with Crippen molar-refractivity contribution in [2.45, 2.75) is 30.5 Å². The van der Waals surface area contributed by atoms with Gasteiger partial charge < -0.3 is 0 Å². The number of aryl methyl sites for hydroxylation is 1. The third-order valence-corrected chi connectivity index (χ3v) is 5.44. The molecule has 1 saturated heterocycles. The zero-order valence-electron chi connectivity index (χ0n) is 9.82. The number of halogens is 1. The third-order valence-electron chi connectivity index (χ3n) is 3.09. The molecule has 0 unspecified atom stereocenters. The number of rotatable bonds is 3. The highest BCUT2D eigenvalue weighted by Gasteiger charge is 2.28. The van der Waals surface area contributed by atoms with Crippen LogP contribution in [0.5, 0.6) is 0 Å². The summed E-state index contributed by atoms with van der Waals surface area (Å²) in [5, 5.41) is 0. The molecule has 0 saturated carbocycles. The maximum Gasteiger partial charge on any atom is 0.243 e. The molecule has 1 aromatic rings. The first kappa shape index (κ1) is 12.9. The minimum Gasteiger partial charge on any atom is -0.207 e. The number of hydrogen-bond donors (Lipinski definition) is 0. The first-order chi connectivity index (χ1) is 8.05. The maximum absolute atomic E-state index is 12.4. The van der Waals surface area contributed by atoms with Gasteiger partial charge in [-0.25, -0.2) is 8.42 Å². The van der Waals surface area contributed by atoms with E-state index in [0.29, 0.717) is 23.9 Å². The van der Waals surface area contributed by atoms with Crippen LogP contribution in [0, 0.1) is 6.92 Å². The summed E-state index contributed by atoms with van der Waals surface area (Å²) < 4.78 is 26.4. The van der Waals surface area contributed by atoms with Crippen molar-refractivity contribution >= 4 is 21.6 Å². The van der Waals surface area contributed by atoms with Crippen LogP contribution >= 0.6 is 11.6 Å². The Kier molecular flexibility index (Phi) is 3.76. The summed E-state index contributed by atoms with van der Waals surface area (Å²) in [4.78, 5) is 0.401. The normalized spacial score (nSPS) is 17.5. The molecule has 0 spiro atoms. The van der Waals surface area contributed by atoms with Crippen molar-refractivity contribution in [2.75, 3.05) is 13.1 Å². The number of alkyl halides is 1. The topological polar surface area (TPSA) is 37.4 Å². The van der Waals surface area contributed by atoms with Gasteiger partial charge in [-0.1, -0.05) is 12.1 Å². The molecular formula is C12H16ClNO2S. The van der Waals surface area contributed by atoms with Crippen LogP contribution in [-0.4, -0.2) is 25.8 Å². The first-order valence-corrected chi connectivity index (χ1v) is 7.69. The highest BCUT2D eigenvalue weighted by atomic mass is 35.5. The van der Waals surface area contributed by atoms with Crippen molar-refractivity contribution in [3.8, 4) is 0 Å². The van der Waals surface area contributed by atoms with Gasteiger partial charge in [0.25, 0.3) is 0 Å². The summed E-state index contributed by atoms with van der Waals surface area (Å²) in [6.45, 7) is 3.08. The molecule has 2 rings (SSSR count). The minimum absolute atomic E-state index is 0.336. The van der Waals surface area contributed by atoms with Crippen molar-refractivity contribution in [1.82, 2.24) is 4.31 Å². The minimum atomic E-state index is -3.33. The quantitative estimate of drug-likeness (QED) is 0.794. The number of benzene rings is 1. The summed E-state index contributed by atoms with van der Waals surface area (Å²) in [6, 6.07) is 5.38. The average molecular weight is 274 g/mol. The first-order valence-electron chi connectivity index (χ1n) is 5.71. The maximum atomic E-state index is 12.4. The fourth-order valence-electron chi connectivity index (χ4n) is 2.07. The summed E-state index contributed by atoms with van der Waals surface area (Å²) in [7, 11) is -3.33. The van der Waals surface area contributed by atoms with Gasteiger partial charge in [0, 0.05) is 19.0 Å². The van der Waals surface area contributed by atoms with Gasteiger partial charge in [-0.05, 0) is 37.0 Å². The molecule has 0 aliphatic carbocycles. The monoisotopic (exact) mass is 273 g/mol. The number of sulfonamides is 1. The van der Waals surface area contributed by atoms with E-state index in [-0.39, 0.29) is 0 Å². The highest BCUT2D eigenvalue weighted by molar-refractivity contribution is 7.89. The second-order valence-electron chi connectivity index (χ2n) is 4.34. The van der Waals surface area contributed by atoms with Crippen LogP contribution in [0.25, 0.3) is 0 Å². The van der Waals surface area contributed by atoms with E-state index in [2.05, 4.69) is 0 Å². The molecule has 1 aliphatic heterocycles. The number of hydrogen-bond acceptors (Lipinski definition) is 2. The zero-order chi connectivity index (χ0) is 12.5. The smallest absolute Gasteiger partial charge is 0.207 e. The van der Waals surface area contributed by atoms with Gasteiger partial charge in [0.15, 0.2) is 0 Å². The second-order valence-corrected chi connectivity index (χ2v) is 6.52. The molecule has 1 fully saturated rings. The highest BCUT2D eigenvalue weighted by Crippen LogP contribution is 2.24. The Balaban J connectivity index is 2.44. The molecule has 0 atom stereocenters. The fourth-order valence-corrected chi connectivity index (χ4v) is 4.03. The summed E-state index contributed by atoms with van der Waals surface area (Å²) in [5.74, 6) is 0.336. The lowest BCUT2D eigenvalue weighted by Crippen LogP contribution is -2.28. The van der Waals surface area contributed by atoms with E-state index >= 15 is 0 Å². The van der Waals surface area contributed by atoms with E-state index < -0.39 is 10.0 Å². The predicted octanol–water partition coefficient (Wildman–Crippen LogP) is 2.52. The molecule has 0 N–H and O–H groups in total. The largest absolute Gasteiger partial charge is 0.243 e. The lowest BCUT2D eigenvalue weighted by molar-refractivity contribution is 0.477. The van der Waals surface area contributed by atoms with Gasteiger partial charge in [0.05, 0.1) is 4.90 Å². The Morgan fingerprint density at radius 1 is 1.29 bits per heavy atom. The van der Waals surface area contributed by atoms with Crippen LogP contribution in [0.15, 0.2) is 23.1 Å². The van der Waals surface area contributed by atoms with Crippen molar-refractivity contribution in [3.63, 3.8) is 0 Å². The molecular weight excluding hydrogens is 258 g/mol. The van der Waals surface area contributed by atoms with Gasteiger partial charge >= 0.3 is 0 Å². The van der Waals surface area contributed by atoms with Gasteiger partial charge in [0.2, 0.25) is 10.0 Å². The molecule has 1 aliphatic rings. The summed E-state index contributed by atoms with van der Waals surface area (Å²) in [6.07, 6.45) is 1.90. The van der Waals surface area contributed by atoms with Gasteiger partial charge in [-0.3, -0.25) is 0 Å². The number of nitrogens with zero attached hydrogens (tertiary/aromatic N) is 1. The van der Waals surface area contributed by atoms with Crippen LogP contribution in [0.4, 0.5) is 0 Å². The van der Waals surface area contributed by atoms with Crippen LogP contribution in [0.3, 0.4) is 0 Å². The second kappa shape index (κ2) is 4.96. The predicted molar refractivity (Wildman–Crippen MR) is 68.7 cm³/mol. The lowest BCUT2D eigenvalue weighted by atomic mass is 10.2. The van der Waals surface area contributed by atoms with Gasteiger partial charge in [-0.15, -0.1) is 11.6 Å². The third kappa shape index (κ3) is 2.49.